The molecule has 0 saturated carbocycles. The first-order valence-corrected chi connectivity index (χ1v) is 6.35. The van der Waals surface area contributed by atoms with Crippen molar-refractivity contribution in [1.82, 2.24) is 4.98 Å². The summed E-state index contributed by atoms with van der Waals surface area (Å²) in [6.45, 7) is 5.24. The van der Waals surface area contributed by atoms with Crippen molar-refractivity contribution in [1.29, 1.82) is 0 Å². The quantitative estimate of drug-likeness (QED) is 0.826. The number of rotatable bonds is 5. The van der Waals surface area contributed by atoms with E-state index in [0.717, 1.165) is 0 Å². The van der Waals surface area contributed by atoms with Crippen molar-refractivity contribution in [3.05, 3.63) is 17.8 Å². The predicted octanol–water partition coefficient (Wildman–Crippen LogP) is 1.63. The number of hydrogen-bond acceptors (Lipinski definition) is 7. The van der Waals surface area contributed by atoms with Crippen LogP contribution in [-0.2, 0) is 14.3 Å². The van der Waals surface area contributed by atoms with Gasteiger partial charge in [-0.1, -0.05) is 0 Å². The number of carbonyl (C=O) groups excluding carboxylic acids is 2. The lowest BCUT2D eigenvalue weighted by atomic mass is 10.2. The van der Waals surface area contributed by atoms with Gasteiger partial charge < -0.3 is 19.5 Å². The van der Waals surface area contributed by atoms with Crippen LogP contribution in [0.1, 0.15) is 31.1 Å². The van der Waals surface area contributed by atoms with Crippen molar-refractivity contribution >= 4 is 17.6 Å². The topological polar surface area (TPSA) is 86.8 Å². The van der Waals surface area contributed by atoms with E-state index >= 15 is 0 Å². The van der Waals surface area contributed by atoms with E-state index in [1.54, 1.807) is 20.8 Å². The van der Waals surface area contributed by atoms with Gasteiger partial charge >= 0.3 is 11.9 Å². The van der Waals surface area contributed by atoms with Crippen LogP contribution in [0.15, 0.2) is 12.3 Å². The molecule has 116 valence electrons. The van der Waals surface area contributed by atoms with E-state index in [9.17, 15) is 9.59 Å². The standard InChI is InChI=1S/C14H20N2O5/c1-14(2,3)21-12(17)8-15-10-7-16-11(19-4)6-9(10)13(18)20-5/h6-7,15H,8H2,1-5H3. The largest absolute Gasteiger partial charge is 0.481 e. The molecule has 0 atom stereocenters. The highest BCUT2D eigenvalue weighted by Gasteiger charge is 2.18. The Bertz CT molecular complexity index is 523. The molecule has 1 N–H and O–H groups in total. The molecule has 1 aromatic heterocycles. The summed E-state index contributed by atoms with van der Waals surface area (Å²) >= 11 is 0. The number of methoxy groups -OCH3 is 2. The molecule has 7 nitrogen and oxygen atoms in total. The second kappa shape index (κ2) is 6.92. The molecular formula is C14H20N2O5. The molecule has 0 amide bonds. The monoisotopic (exact) mass is 296 g/mol. The molecule has 7 heteroatoms. The molecule has 0 aliphatic carbocycles. The fraction of sp³-hybridized carbons (Fsp3) is 0.500. The Labute approximate surface area is 123 Å². The van der Waals surface area contributed by atoms with Crippen molar-refractivity contribution < 1.29 is 23.8 Å². The Morgan fingerprint density at radius 2 is 1.95 bits per heavy atom. The highest BCUT2D eigenvalue weighted by atomic mass is 16.6. The molecule has 0 radical (unpaired) electrons. The molecule has 1 heterocycles. The second-order valence-corrected chi connectivity index (χ2v) is 5.20. The van der Waals surface area contributed by atoms with Gasteiger partial charge in [-0.2, -0.15) is 0 Å². The van der Waals surface area contributed by atoms with Crippen LogP contribution in [0.3, 0.4) is 0 Å². The highest BCUT2D eigenvalue weighted by Crippen LogP contribution is 2.20. The Hall–Kier alpha value is -2.31. The zero-order valence-corrected chi connectivity index (χ0v) is 12.9. The predicted molar refractivity (Wildman–Crippen MR) is 76.5 cm³/mol. The Morgan fingerprint density at radius 1 is 1.29 bits per heavy atom. The average Bonchev–Trinajstić information content (AvgIpc) is 2.42. The van der Waals surface area contributed by atoms with E-state index in [0.29, 0.717) is 5.69 Å². The third kappa shape index (κ3) is 5.29. The van der Waals surface area contributed by atoms with Crippen molar-refractivity contribution in [3.8, 4) is 5.88 Å². The smallest absolute Gasteiger partial charge is 0.340 e. The minimum absolute atomic E-state index is 0.0880. The zero-order valence-electron chi connectivity index (χ0n) is 12.9. The van der Waals surface area contributed by atoms with Gasteiger partial charge in [0.15, 0.2) is 0 Å². The third-order valence-electron chi connectivity index (χ3n) is 2.34. The maximum absolute atomic E-state index is 11.7. The van der Waals surface area contributed by atoms with Crippen LogP contribution in [0.4, 0.5) is 5.69 Å². The number of nitrogens with zero attached hydrogens (tertiary/aromatic N) is 1. The van der Waals surface area contributed by atoms with Crippen LogP contribution in [0.2, 0.25) is 0 Å². The maximum atomic E-state index is 11.7. The molecule has 1 rings (SSSR count). The molecule has 0 unspecified atom stereocenters. The van der Waals surface area contributed by atoms with Gasteiger partial charge in [0, 0.05) is 6.07 Å². The molecule has 0 saturated heterocycles. The van der Waals surface area contributed by atoms with Gasteiger partial charge in [0.25, 0.3) is 0 Å². The molecule has 0 bridgehead atoms. The summed E-state index contributed by atoms with van der Waals surface area (Å²) in [5, 5.41) is 2.81. The number of carbonyl (C=O) groups is 2. The first kappa shape index (κ1) is 16.7. The third-order valence-corrected chi connectivity index (χ3v) is 2.34. The van der Waals surface area contributed by atoms with Crippen molar-refractivity contribution in [2.75, 3.05) is 26.1 Å². The molecule has 0 spiro atoms. The number of hydrogen-bond donors (Lipinski definition) is 1. The zero-order chi connectivity index (χ0) is 16.0. The summed E-state index contributed by atoms with van der Waals surface area (Å²) in [6.07, 6.45) is 1.40. The molecular weight excluding hydrogens is 276 g/mol. The van der Waals surface area contributed by atoms with E-state index in [2.05, 4.69) is 15.0 Å². The average molecular weight is 296 g/mol. The van der Waals surface area contributed by atoms with Crippen LogP contribution in [0, 0.1) is 0 Å². The lowest BCUT2D eigenvalue weighted by Crippen LogP contribution is -2.28. The fourth-order valence-electron chi connectivity index (χ4n) is 1.51. The number of ether oxygens (including phenoxy) is 3. The van der Waals surface area contributed by atoms with E-state index in [1.165, 1.54) is 26.5 Å². The summed E-state index contributed by atoms with van der Waals surface area (Å²) < 4.78 is 14.8. The van der Waals surface area contributed by atoms with Crippen molar-refractivity contribution in [2.24, 2.45) is 0 Å². The number of aromatic nitrogens is 1. The minimum atomic E-state index is -0.567. The van der Waals surface area contributed by atoms with Gasteiger partial charge in [0.05, 0.1) is 31.7 Å². The van der Waals surface area contributed by atoms with E-state index in [1.807, 2.05) is 0 Å². The summed E-state index contributed by atoms with van der Waals surface area (Å²) in [6, 6.07) is 1.43. The van der Waals surface area contributed by atoms with E-state index < -0.39 is 17.5 Å². The molecule has 0 aliphatic heterocycles. The summed E-state index contributed by atoms with van der Waals surface area (Å²) in [7, 11) is 2.71. The fourth-order valence-corrected chi connectivity index (χ4v) is 1.51. The van der Waals surface area contributed by atoms with Crippen molar-refractivity contribution in [3.63, 3.8) is 0 Å². The van der Waals surface area contributed by atoms with Gasteiger partial charge in [-0.3, -0.25) is 4.79 Å². The first-order chi connectivity index (χ1) is 9.76. The first-order valence-electron chi connectivity index (χ1n) is 6.35. The molecule has 0 aromatic carbocycles. The second-order valence-electron chi connectivity index (χ2n) is 5.20. The molecule has 0 fully saturated rings. The maximum Gasteiger partial charge on any atom is 0.340 e. The lowest BCUT2D eigenvalue weighted by Gasteiger charge is -2.20. The number of nitrogens with one attached hydrogen (secondary N) is 1. The molecule has 1 aromatic rings. The highest BCUT2D eigenvalue weighted by molar-refractivity contribution is 5.96. The number of anilines is 1. The van der Waals surface area contributed by atoms with Gasteiger partial charge in [0.1, 0.15) is 12.1 Å². The summed E-state index contributed by atoms with van der Waals surface area (Å²) in [5.74, 6) is -0.713. The summed E-state index contributed by atoms with van der Waals surface area (Å²) in [5.41, 5.74) is 0.0312. The lowest BCUT2D eigenvalue weighted by molar-refractivity contribution is -0.152. The minimum Gasteiger partial charge on any atom is -0.481 e. The SMILES string of the molecule is COC(=O)c1cc(OC)ncc1NCC(=O)OC(C)(C)C. The van der Waals surface area contributed by atoms with E-state index in [4.69, 9.17) is 9.47 Å². The van der Waals surface area contributed by atoms with Crippen molar-refractivity contribution in [2.45, 2.75) is 26.4 Å². The van der Waals surface area contributed by atoms with Crippen LogP contribution >= 0.6 is 0 Å². The van der Waals surface area contributed by atoms with Gasteiger partial charge in [-0.05, 0) is 20.8 Å². The molecule has 0 aliphatic rings. The Morgan fingerprint density at radius 3 is 2.48 bits per heavy atom. The van der Waals surface area contributed by atoms with Crippen LogP contribution in [0.25, 0.3) is 0 Å². The summed E-state index contributed by atoms with van der Waals surface area (Å²) in [4.78, 5) is 27.4. The number of pyridine rings is 1. The normalized spacial score (nSPS) is 10.7. The van der Waals surface area contributed by atoms with Crippen LogP contribution in [-0.4, -0.2) is 43.3 Å². The van der Waals surface area contributed by atoms with Crippen LogP contribution in [0.5, 0.6) is 5.88 Å². The molecule has 21 heavy (non-hydrogen) atoms. The Kier molecular flexibility index (Phi) is 5.52. The van der Waals surface area contributed by atoms with Crippen LogP contribution < -0.4 is 10.1 Å². The van der Waals surface area contributed by atoms with Gasteiger partial charge in [0.2, 0.25) is 5.88 Å². The number of esters is 2. The van der Waals surface area contributed by atoms with Gasteiger partial charge in [-0.25, -0.2) is 9.78 Å². The van der Waals surface area contributed by atoms with Gasteiger partial charge in [-0.15, -0.1) is 0 Å². The van der Waals surface area contributed by atoms with E-state index in [-0.39, 0.29) is 18.0 Å². The Balaban J connectivity index is 2.83.